The number of hydrogen-bond donors (Lipinski definition) is 0. The summed E-state index contributed by atoms with van der Waals surface area (Å²) in [6.07, 6.45) is 2.12. The summed E-state index contributed by atoms with van der Waals surface area (Å²) in [5.41, 5.74) is 0.973. The molecule has 0 amide bonds. The molecule has 3 rings (SSSR count). The molecule has 5 heteroatoms. The summed E-state index contributed by atoms with van der Waals surface area (Å²) in [7, 11) is 0. The van der Waals surface area contributed by atoms with Crippen LogP contribution in [-0.4, -0.2) is 32.1 Å². The van der Waals surface area contributed by atoms with Gasteiger partial charge >= 0.3 is 5.97 Å². The second kappa shape index (κ2) is 8.56. The Kier molecular flexibility index (Phi) is 6.71. The lowest BCUT2D eigenvalue weighted by Gasteiger charge is -2.19. The summed E-state index contributed by atoms with van der Waals surface area (Å²) in [6, 6.07) is 6.18. The van der Waals surface area contributed by atoms with Gasteiger partial charge in [-0.1, -0.05) is 26.8 Å². The smallest absolute Gasteiger partial charge is 0.311 e. The van der Waals surface area contributed by atoms with Gasteiger partial charge in [0.25, 0.3) is 0 Å². The molecule has 0 radical (unpaired) electrons. The number of carbonyl (C=O) groups is 1. The van der Waals surface area contributed by atoms with Crippen LogP contribution in [0.1, 0.15) is 58.9 Å². The fourth-order valence-electron chi connectivity index (χ4n) is 2.13. The molecule has 25 heavy (non-hydrogen) atoms. The average molecular weight is 350 g/mol. The van der Waals surface area contributed by atoms with Crippen molar-refractivity contribution >= 4 is 5.97 Å². The van der Waals surface area contributed by atoms with Crippen molar-refractivity contribution < 1.29 is 23.7 Å². The molecule has 2 aliphatic heterocycles. The third-order valence-electron chi connectivity index (χ3n) is 4.82. The van der Waals surface area contributed by atoms with Gasteiger partial charge in [-0.25, -0.2) is 0 Å². The van der Waals surface area contributed by atoms with Crippen molar-refractivity contribution in [1.82, 2.24) is 0 Å². The fraction of sp³-hybridized carbons (Fsp3) is 0.650. The second-order valence-electron chi connectivity index (χ2n) is 7.21. The van der Waals surface area contributed by atoms with E-state index in [0.717, 1.165) is 30.9 Å². The number of epoxide rings is 1. The highest BCUT2D eigenvalue weighted by molar-refractivity contribution is 5.75. The molecule has 2 heterocycles. The molecular formula is C20H30O5. The molecule has 2 unspecified atom stereocenters. The first-order valence-corrected chi connectivity index (χ1v) is 9.05. The van der Waals surface area contributed by atoms with Gasteiger partial charge in [-0.15, -0.1) is 0 Å². The highest BCUT2D eigenvalue weighted by atomic mass is 16.7. The van der Waals surface area contributed by atoms with Crippen molar-refractivity contribution in [3.05, 3.63) is 23.8 Å². The predicted octanol–water partition coefficient (Wildman–Crippen LogP) is 4.29. The maximum absolute atomic E-state index is 11.4. The second-order valence-corrected chi connectivity index (χ2v) is 7.21. The number of rotatable bonds is 6. The summed E-state index contributed by atoms with van der Waals surface area (Å²) in [5.74, 6) is 2.22. The van der Waals surface area contributed by atoms with Gasteiger partial charge in [0, 0.05) is 0 Å². The Morgan fingerprint density at radius 2 is 1.96 bits per heavy atom. The zero-order chi connectivity index (χ0) is 18.4. The van der Waals surface area contributed by atoms with Gasteiger partial charge in [0.15, 0.2) is 11.5 Å². The molecule has 0 aliphatic carbocycles. The van der Waals surface area contributed by atoms with Crippen LogP contribution < -0.4 is 9.47 Å². The minimum absolute atomic E-state index is 0.125. The van der Waals surface area contributed by atoms with Crippen LogP contribution in [0.15, 0.2) is 18.2 Å². The van der Waals surface area contributed by atoms with Crippen molar-refractivity contribution in [2.24, 2.45) is 5.41 Å². The van der Waals surface area contributed by atoms with E-state index in [1.54, 1.807) is 0 Å². The molecule has 0 aromatic heterocycles. The first-order valence-electron chi connectivity index (χ1n) is 9.05. The van der Waals surface area contributed by atoms with Crippen molar-refractivity contribution in [3.8, 4) is 11.5 Å². The maximum atomic E-state index is 11.4. The van der Waals surface area contributed by atoms with Crippen LogP contribution in [0.5, 0.6) is 11.5 Å². The van der Waals surface area contributed by atoms with E-state index in [0.29, 0.717) is 19.3 Å². The maximum Gasteiger partial charge on any atom is 0.311 e. The first kappa shape index (κ1) is 19.6. The van der Waals surface area contributed by atoms with Crippen LogP contribution in [0.2, 0.25) is 0 Å². The Bertz CT molecular complexity index is 577. The molecule has 1 aromatic rings. The summed E-state index contributed by atoms with van der Waals surface area (Å²) < 4.78 is 20.5. The molecule has 5 nitrogen and oxygen atoms in total. The first-order chi connectivity index (χ1) is 11.9. The van der Waals surface area contributed by atoms with E-state index in [-0.39, 0.29) is 17.5 Å². The van der Waals surface area contributed by atoms with E-state index in [1.165, 1.54) is 5.56 Å². The number of hydrogen-bond acceptors (Lipinski definition) is 5. The molecule has 0 bridgehead atoms. The van der Waals surface area contributed by atoms with Crippen molar-refractivity contribution in [2.45, 2.75) is 59.5 Å². The predicted molar refractivity (Wildman–Crippen MR) is 96.0 cm³/mol. The van der Waals surface area contributed by atoms with Crippen LogP contribution in [-0.2, 0) is 14.3 Å². The Balaban J connectivity index is 0.000000181. The highest BCUT2D eigenvalue weighted by Crippen LogP contribution is 2.35. The van der Waals surface area contributed by atoms with E-state index < -0.39 is 0 Å². The fourth-order valence-corrected chi connectivity index (χ4v) is 2.13. The van der Waals surface area contributed by atoms with Gasteiger partial charge in [0.1, 0.15) is 12.7 Å². The van der Waals surface area contributed by atoms with Crippen molar-refractivity contribution in [1.29, 1.82) is 0 Å². The van der Waals surface area contributed by atoms with E-state index >= 15 is 0 Å². The molecule has 0 saturated carbocycles. The minimum Gasteiger partial charge on any atom is -0.462 e. The molecule has 1 fully saturated rings. The molecule has 0 N–H and O–H groups in total. The molecule has 140 valence electrons. The lowest BCUT2D eigenvalue weighted by atomic mass is 9.91. The molecular weight excluding hydrogens is 320 g/mol. The van der Waals surface area contributed by atoms with Gasteiger partial charge in [-0.3, -0.25) is 4.79 Å². The van der Waals surface area contributed by atoms with Gasteiger partial charge < -0.3 is 18.9 Å². The van der Waals surface area contributed by atoms with Gasteiger partial charge in [0.2, 0.25) is 6.79 Å². The summed E-state index contributed by atoms with van der Waals surface area (Å²) in [6.45, 7) is 11.7. The zero-order valence-corrected chi connectivity index (χ0v) is 16.0. The SMILES string of the molecule is CCC(C)(C)C(=O)OCC1CO1.CCC(C)c1ccc2c(c1)OCO2. The molecule has 0 spiro atoms. The Hall–Kier alpha value is -1.75. The summed E-state index contributed by atoms with van der Waals surface area (Å²) in [5, 5.41) is 0. The summed E-state index contributed by atoms with van der Waals surface area (Å²) in [4.78, 5) is 11.4. The Morgan fingerprint density at radius 3 is 2.56 bits per heavy atom. The lowest BCUT2D eigenvalue weighted by Crippen LogP contribution is -2.27. The Labute approximate surface area is 150 Å². The quantitative estimate of drug-likeness (QED) is 0.566. The van der Waals surface area contributed by atoms with Gasteiger partial charge in [-0.2, -0.15) is 0 Å². The average Bonchev–Trinajstić information content (AvgIpc) is 3.34. The van der Waals surface area contributed by atoms with Crippen LogP contribution in [0.25, 0.3) is 0 Å². The number of benzene rings is 1. The standard InChI is InChI=1S/C11H14O2.C9H16O3/c1-3-8(2)9-4-5-10-11(6-9)13-7-12-10;1-4-9(2,3)8(10)12-6-7-5-11-7/h4-6,8H,3,7H2,1-2H3;7H,4-6H2,1-3H3. The zero-order valence-electron chi connectivity index (χ0n) is 16.0. The third kappa shape index (κ3) is 5.63. The third-order valence-corrected chi connectivity index (χ3v) is 4.82. The van der Waals surface area contributed by atoms with Crippen LogP contribution in [0.3, 0.4) is 0 Å². The topological polar surface area (TPSA) is 57.3 Å². The molecule has 1 aromatic carbocycles. The lowest BCUT2D eigenvalue weighted by molar-refractivity contribution is -0.154. The van der Waals surface area contributed by atoms with E-state index in [1.807, 2.05) is 26.8 Å². The van der Waals surface area contributed by atoms with E-state index in [9.17, 15) is 4.79 Å². The number of fused-ring (bicyclic) bond motifs is 1. The van der Waals surface area contributed by atoms with Crippen LogP contribution in [0, 0.1) is 5.41 Å². The Morgan fingerprint density at radius 1 is 1.28 bits per heavy atom. The van der Waals surface area contributed by atoms with E-state index in [4.69, 9.17) is 18.9 Å². The van der Waals surface area contributed by atoms with Gasteiger partial charge in [0.05, 0.1) is 12.0 Å². The monoisotopic (exact) mass is 350 g/mol. The molecule has 2 atom stereocenters. The molecule has 1 saturated heterocycles. The largest absolute Gasteiger partial charge is 0.462 e. The van der Waals surface area contributed by atoms with E-state index in [2.05, 4.69) is 26.0 Å². The van der Waals surface area contributed by atoms with Crippen LogP contribution in [0.4, 0.5) is 0 Å². The normalized spacial score (nSPS) is 18.8. The number of carbonyl (C=O) groups excluding carboxylic acids is 1. The minimum atomic E-state index is -0.352. The summed E-state index contributed by atoms with van der Waals surface area (Å²) >= 11 is 0. The number of ether oxygens (including phenoxy) is 4. The van der Waals surface area contributed by atoms with Crippen molar-refractivity contribution in [2.75, 3.05) is 20.0 Å². The van der Waals surface area contributed by atoms with Gasteiger partial charge in [-0.05, 0) is 50.3 Å². The number of esters is 1. The molecule has 2 aliphatic rings. The van der Waals surface area contributed by atoms with Crippen molar-refractivity contribution in [3.63, 3.8) is 0 Å². The van der Waals surface area contributed by atoms with Crippen LogP contribution >= 0.6 is 0 Å². The highest BCUT2D eigenvalue weighted by Gasteiger charge is 2.30.